The van der Waals surface area contributed by atoms with Gasteiger partial charge in [0.15, 0.2) is 0 Å². The second kappa shape index (κ2) is 4.05. The van der Waals surface area contributed by atoms with Gasteiger partial charge in [-0.1, -0.05) is 36.2 Å². The van der Waals surface area contributed by atoms with Crippen molar-refractivity contribution in [3.8, 4) is 0 Å². The average Bonchev–Trinajstić information content (AvgIpc) is 2.61. The quantitative estimate of drug-likeness (QED) is 0.832. The van der Waals surface area contributed by atoms with Crippen LogP contribution in [0.3, 0.4) is 0 Å². The summed E-state index contributed by atoms with van der Waals surface area (Å²) in [4.78, 5) is 3.28. The molecule has 0 fully saturated rings. The van der Waals surface area contributed by atoms with Gasteiger partial charge in [-0.25, -0.2) is 0 Å². The predicted molar refractivity (Wildman–Crippen MR) is 65.6 cm³/mol. The summed E-state index contributed by atoms with van der Waals surface area (Å²) in [6, 6.07) is 3.76. The standard InChI is InChI=1S/C11H12Cl2N2/c1-2-9-7(5-14)6-3-4-8(12)10(13)11(6)15-9/h3-4,15H,2,5,14H2,1H3. The molecule has 3 N–H and O–H groups in total. The van der Waals surface area contributed by atoms with Crippen LogP contribution in [0.25, 0.3) is 10.9 Å². The van der Waals surface area contributed by atoms with E-state index in [9.17, 15) is 0 Å². The second-order valence-corrected chi connectivity index (χ2v) is 4.21. The van der Waals surface area contributed by atoms with Crippen molar-refractivity contribution in [2.24, 2.45) is 5.73 Å². The van der Waals surface area contributed by atoms with Crippen LogP contribution in [0.15, 0.2) is 12.1 Å². The highest BCUT2D eigenvalue weighted by Gasteiger charge is 2.12. The van der Waals surface area contributed by atoms with Gasteiger partial charge in [0.25, 0.3) is 0 Å². The van der Waals surface area contributed by atoms with Gasteiger partial charge in [0.2, 0.25) is 0 Å². The normalized spacial score (nSPS) is 11.2. The third-order valence-electron chi connectivity index (χ3n) is 2.62. The highest BCUT2D eigenvalue weighted by molar-refractivity contribution is 6.45. The van der Waals surface area contributed by atoms with Crippen LogP contribution < -0.4 is 5.73 Å². The van der Waals surface area contributed by atoms with Gasteiger partial charge in [-0.3, -0.25) is 0 Å². The van der Waals surface area contributed by atoms with E-state index in [2.05, 4.69) is 11.9 Å². The summed E-state index contributed by atoms with van der Waals surface area (Å²) in [5, 5.41) is 2.21. The van der Waals surface area contributed by atoms with Gasteiger partial charge in [0.05, 0.1) is 15.6 Å². The van der Waals surface area contributed by atoms with Gasteiger partial charge < -0.3 is 10.7 Å². The fourth-order valence-electron chi connectivity index (χ4n) is 1.85. The van der Waals surface area contributed by atoms with Crippen molar-refractivity contribution in [3.05, 3.63) is 33.4 Å². The molecule has 0 amide bonds. The molecule has 4 heteroatoms. The molecular formula is C11H12Cl2N2. The Labute approximate surface area is 98.4 Å². The Bertz CT molecular complexity index is 503. The molecule has 80 valence electrons. The minimum atomic E-state index is 0.515. The molecule has 15 heavy (non-hydrogen) atoms. The number of hydrogen-bond donors (Lipinski definition) is 2. The third kappa shape index (κ3) is 1.63. The van der Waals surface area contributed by atoms with Gasteiger partial charge >= 0.3 is 0 Å². The maximum atomic E-state index is 6.12. The first-order valence-corrected chi connectivity index (χ1v) is 5.62. The van der Waals surface area contributed by atoms with E-state index in [4.69, 9.17) is 28.9 Å². The summed E-state index contributed by atoms with van der Waals surface area (Å²) in [5.41, 5.74) is 8.89. The zero-order chi connectivity index (χ0) is 11.0. The molecule has 0 unspecified atom stereocenters. The maximum absolute atomic E-state index is 6.12. The van der Waals surface area contributed by atoms with Crippen LogP contribution >= 0.6 is 23.2 Å². The van der Waals surface area contributed by atoms with Gasteiger partial charge in [-0.15, -0.1) is 0 Å². The molecule has 0 spiro atoms. The van der Waals surface area contributed by atoms with Gasteiger partial charge in [-0.05, 0) is 18.1 Å². The maximum Gasteiger partial charge on any atom is 0.0833 e. The molecule has 0 bridgehead atoms. The van der Waals surface area contributed by atoms with Crippen LogP contribution in [0.5, 0.6) is 0 Å². The zero-order valence-electron chi connectivity index (χ0n) is 8.40. The second-order valence-electron chi connectivity index (χ2n) is 3.42. The first-order chi connectivity index (χ1) is 7.19. The molecule has 0 saturated carbocycles. The Balaban J connectivity index is 2.82. The highest BCUT2D eigenvalue weighted by atomic mass is 35.5. The van der Waals surface area contributed by atoms with E-state index < -0.39 is 0 Å². The number of aryl methyl sites for hydroxylation is 1. The number of rotatable bonds is 2. The number of aromatic nitrogens is 1. The van der Waals surface area contributed by atoms with Gasteiger partial charge in [0.1, 0.15) is 0 Å². The van der Waals surface area contributed by atoms with E-state index in [0.29, 0.717) is 16.6 Å². The summed E-state index contributed by atoms with van der Waals surface area (Å²) >= 11 is 12.1. The lowest BCUT2D eigenvalue weighted by molar-refractivity contribution is 0.987. The number of aromatic amines is 1. The monoisotopic (exact) mass is 242 g/mol. The Morgan fingerprint density at radius 3 is 2.67 bits per heavy atom. The molecule has 0 atom stereocenters. The van der Waals surface area contributed by atoms with Crippen molar-refractivity contribution in [2.75, 3.05) is 0 Å². The fraction of sp³-hybridized carbons (Fsp3) is 0.273. The largest absolute Gasteiger partial charge is 0.357 e. The molecule has 1 aromatic heterocycles. The van der Waals surface area contributed by atoms with E-state index in [1.807, 2.05) is 6.07 Å². The van der Waals surface area contributed by atoms with Crippen molar-refractivity contribution in [2.45, 2.75) is 19.9 Å². The summed E-state index contributed by atoms with van der Waals surface area (Å²) in [7, 11) is 0. The first kappa shape index (κ1) is 10.8. The molecule has 0 aliphatic rings. The van der Waals surface area contributed by atoms with E-state index in [0.717, 1.165) is 28.6 Å². The van der Waals surface area contributed by atoms with Gasteiger partial charge in [0, 0.05) is 17.6 Å². The molecule has 0 aliphatic heterocycles. The lowest BCUT2D eigenvalue weighted by Gasteiger charge is -1.98. The number of H-pyrrole nitrogens is 1. The van der Waals surface area contributed by atoms with Crippen LogP contribution in [0.4, 0.5) is 0 Å². The average molecular weight is 243 g/mol. The fourth-order valence-corrected chi connectivity index (χ4v) is 2.22. The molecule has 0 saturated heterocycles. The van der Waals surface area contributed by atoms with Crippen molar-refractivity contribution in [1.29, 1.82) is 0 Å². The SMILES string of the molecule is CCc1[nH]c2c(Cl)c(Cl)ccc2c1CN. The minimum Gasteiger partial charge on any atom is -0.357 e. The summed E-state index contributed by atoms with van der Waals surface area (Å²) < 4.78 is 0. The van der Waals surface area contributed by atoms with Crippen LogP contribution in [-0.2, 0) is 13.0 Å². The summed E-state index contributed by atoms with van der Waals surface area (Å²) in [6.07, 6.45) is 0.912. The molecule has 0 aliphatic carbocycles. The molecule has 1 heterocycles. The van der Waals surface area contributed by atoms with E-state index in [1.54, 1.807) is 6.07 Å². The number of nitrogens with two attached hydrogens (primary N) is 1. The molecule has 0 radical (unpaired) electrons. The number of hydrogen-bond acceptors (Lipinski definition) is 1. The number of fused-ring (bicyclic) bond motifs is 1. The number of nitrogens with one attached hydrogen (secondary N) is 1. The first-order valence-electron chi connectivity index (χ1n) is 4.86. The Kier molecular flexibility index (Phi) is 2.91. The zero-order valence-corrected chi connectivity index (χ0v) is 9.91. The van der Waals surface area contributed by atoms with Crippen molar-refractivity contribution < 1.29 is 0 Å². The molecule has 2 nitrogen and oxygen atoms in total. The predicted octanol–water partition coefficient (Wildman–Crippen LogP) is 3.50. The summed E-state index contributed by atoms with van der Waals surface area (Å²) in [6.45, 7) is 2.60. The highest BCUT2D eigenvalue weighted by Crippen LogP contribution is 2.33. The van der Waals surface area contributed by atoms with Crippen molar-refractivity contribution >= 4 is 34.1 Å². The van der Waals surface area contributed by atoms with Crippen LogP contribution in [-0.4, -0.2) is 4.98 Å². The van der Waals surface area contributed by atoms with Crippen LogP contribution in [0.1, 0.15) is 18.2 Å². The lowest BCUT2D eigenvalue weighted by Crippen LogP contribution is -1.98. The van der Waals surface area contributed by atoms with Crippen molar-refractivity contribution in [3.63, 3.8) is 0 Å². The Morgan fingerprint density at radius 2 is 2.07 bits per heavy atom. The molecular weight excluding hydrogens is 231 g/mol. The Hall–Kier alpha value is -0.700. The minimum absolute atomic E-state index is 0.515. The third-order valence-corrected chi connectivity index (χ3v) is 3.42. The van der Waals surface area contributed by atoms with Gasteiger partial charge in [-0.2, -0.15) is 0 Å². The lowest BCUT2D eigenvalue weighted by atomic mass is 10.1. The molecule has 2 rings (SSSR count). The van der Waals surface area contributed by atoms with Crippen molar-refractivity contribution in [1.82, 2.24) is 4.98 Å². The summed E-state index contributed by atoms with van der Waals surface area (Å²) in [5.74, 6) is 0. The Morgan fingerprint density at radius 1 is 1.33 bits per heavy atom. The van der Waals surface area contributed by atoms with E-state index in [1.165, 1.54) is 0 Å². The molecule has 2 aromatic rings. The van der Waals surface area contributed by atoms with E-state index in [-0.39, 0.29) is 0 Å². The number of halogens is 2. The topological polar surface area (TPSA) is 41.8 Å². The van der Waals surface area contributed by atoms with Crippen LogP contribution in [0, 0.1) is 0 Å². The number of benzene rings is 1. The molecule has 1 aromatic carbocycles. The smallest absolute Gasteiger partial charge is 0.0833 e. The van der Waals surface area contributed by atoms with Crippen LogP contribution in [0.2, 0.25) is 10.0 Å². The van der Waals surface area contributed by atoms with E-state index >= 15 is 0 Å².